The fourth-order valence-electron chi connectivity index (χ4n) is 4.78. The van der Waals surface area contributed by atoms with Crippen molar-refractivity contribution in [3.63, 3.8) is 0 Å². The summed E-state index contributed by atoms with van der Waals surface area (Å²) in [6, 6.07) is 18.1. The fourth-order valence-corrected chi connectivity index (χ4v) is 6.20. The molecule has 0 atom stereocenters. The maximum absolute atomic E-state index is 6.16. The Morgan fingerprint density at radius 1 is 1.03 bits per heavy atom. The highest BCUT2D eigenvalue weighted by Gasteiger charge is 2.24. The van der Waals surface area contributed by atoms with E-state index in [4.69, 9.17) is 26.7 Å². The van der Waals surface area contributed by atoms with Gasteiger partial charge in [-0.3, -0.25) is 0 Å². The number of benzene rings is 2. The summed E-state index contributed by atoms with van der Waals surface area (Å²) < 4.78 is 1.95. The van der Waals surface area contributed by atoms with Crippen molar-refractivity contribution < 1.29 is 0 Å². The number of anilines is 1. The molecule has 5 aromatic rings. The molecule has 0 radical (unpaired) electrons. The number of rotatable bonds is 5. The number of aromatic nitrogens is 4. The number of aryl methyl sites for hydroxylation is 3. The molecule has 6 rings (SSSR count). The molecule has 1 aliphatic carbocycles. The molecule has 7 heteroatoms. The Morgan fingerprint density at radius 3 is 2.62 bits per heavy atom. The Labute approximate surface area is 207 Å². The average Bonchev–Trinajstić information content (AvgIpc) is 3.54. The van der Waals surface area contributed by atoms with Crippen molar-refractivity contribution in [2.75, 3.05) is 11.9 Å². The Hall–Kier alpha value is -3.22. The number of halogens is 1. The summed E-state index contributed by atoms with van der Waals surface area (Å²) in [4.78, 5) is 14.5. The van der Waals surface area contributed by atoms with E-state index in [2.05, 4.69) is 30.3 Å². The molecule has 0 unspecified atom stereocenters. The zero-order valence-electron chi connectivity index (χ0n) is 19.1. The molecule has 0 saturated heterocycles. The highest BCUT2D eigenvalue weighted by Crippen LogP contribution is 2.41. The first-order valence-electron chi connectivity index (χ1n) is 11.5. The summed E-state index contributed by atoms with van der Waals surface area (Å²) in [6.07, 6.45) is 5.62. The van der Waals surface area contributed by atoms with Crippen molar-refractivity contribution in [2.24, 2.45) is 0 Å². The number of hydrogen-bond acceptors (Lipinski definition) is 5. The van der Waals surface area contributed by atoms with E-state index >= 15 is 0 Å². The fraction of sp³-hybridized carbons (Fsp3) is 0.222. The monoisotopic (exact) mass is 485 g/mol. The van der Waals surface area contributed by atoms with Gasteiger partial charge in [0.1, 0.15) is 16.5 Å². The van der Waals surface area contributed by atoms with Gasteiger partial charge >= 0.3 is 0 Å². The molecule has 170 valence electrons. The molecule has 0 amide bonds. The van der Waals surface area contributed by atoms with Crippen LogP contribution in [0, 0.1) is 6.92 Å². The van der Waals surface area contributed by atoms with E-state index in [1.165, 1.54) is 22.2 Å². The predicted octanol–water partition coefficient (Wildman–Crippen LogP) is 6.63. The van der Waals surface area contributed by atoms with Crippen LogP contribution in [0.2, 0.25) is 5.02 Å². The first-order chi connectivity index (χ1) is 16.6. The molecule has 34 heavy (non-hydrogen) atoms. The molecular formula is C27H24ClN5S. The minimum atomic E-state index is 0.682. The molecule has 0 N–H and O–H groups in total. The van der Waals surface area contributed by atoms with Crippen molar-refractivity contribution in [3.8, 4) is 16.9 Å². The largest absolute Gasteiger partial charge is 0.355 e. The molecule has 2 aromatic carbocycles. The van der Waals surface area contributed by atoms with Crippen LogP contribution < -0.4 is 4.90 Å². The van der Waals surface area contributed by atoms with E-state index in [0.717, 1.165) is 56.8 Å². The minimum Gasteiger partial charge on any atom is -0.355 e. The highest BCUT2D eigenvalue weighted by atomic mass is 35.5. The highest BCUT2D eigenvalue weighted by molar-refractivity contribution is 7.19. The lowest BCUT2D eigenvalue weighted by Gasteiger charge is -2.20. The Balaban J connectivity index is 1.44. The Kier molecular flexibility index (Phi) is 5.35. The molecule has 0 fully saturated rings. The van der Waals surface area contributed by atoms with Crippen LogP contribution in [-0.4, -0.2) is 26.8 Å². The van der Waals surface area contributed by atoms with Gasteiger partial charge in [0.2, 0.25) is 0 Å². The number of nitrogens with zero attached hydrogens (tertiary/aromatic N) is 5. The lowest BCUT2D eigenvalue weighted by Crippen LogP contribution is -2.19. The molecular weight excluding hydrogens is 462 g/mol. The third kappa shape index (κ3) is 3.77. The van der Waals surface area contributed by atoms with Crippen LogP contribution in [-0.2, 0) is 19.4 Å². The van der Waals surface area contributed by atoms with Crippen LogP contribution in [0.15, 0.2) is 60.8 Å². The van der Waals surface area contributed by atoms with Crippen molar-refractivity contribution in [1.29, 1.82) is 0 Å². The van der Waals surface area contributed by atoms with Gasteiger partial charge in [-0.15, -0.1) is 11.3 Å². The van der Waals surface area contributed by atoms with E-state index in [-0.39, 0.29) is 0 Å². The van der Waals surface area contributed by atoms with E-state index in [1.54, 1.807) is 0 Å². The predicted molar refractivity (Wildman–Crippen MR) is 140 cm³/mol. The van der Waals surface area contributed by atoms with Gasteiger partial charge < -0.3 is 4.90 Å². The van der Waals surface area contributed by atoms with Crippen LogP contribution in [0.4, 0.5) is 5.82 Å². The second-order valence-corrected chi connectivity index (χ2v) is 10.3. The van der Waals surface area contributed by atoms with Gasteiger partial charge in [0.25, 0.3) is 0 Å². The molecule has 3 heterocycles. The summed E-state index contributed by atoms with van der Waals surface area (Å²) in [5.74, 6) is 1.82. The Morgan fingerprint density at radius 2 is 1.82 bits per heavy atom. The van der Waals surface area contributed by atoms with Crippen LogP contribution >= 0.6 is 22.9 Å². The lowest BCUT2D eigenvalue weighted by atomic mass is 10.1. The average molecular weight is 486 g/mol. The van der Waals surface area contributed by atoms with Gasteiger partial charge in [0.05, 0.1) is 16.8 Å². The molecule has 3 aromatic heterocycles. The van der Waals surface area contributed by atoms with E-state index < -0.39 is 0 Å². The zero-order chi connectivity index (χ0) is 23.2. The normalized spacial score (nSPS) is 12.9. The number of hydrogen-bond donors (Lipinski definition) is 0. The SMILES string of the molecule is Cc1nc(N(C)Cc2cn(-c3ccccc3)nc2-c2ccc(Cl)cc2)c2c3c(sc2n1)CCC3. The minimum absolute atomic E-state index is 0.682. The molecule has 0 spiro atoms. The van der Waals surface area contributed by atoms with Gasteiger partial charge in [-0.05, 0) is 56.0 Å². The number of thiophene rings is 1. The molecule has 0 bridgehead atoms. The van der Waals surface area contributed by atoms with E-state index in [1.807, 2.05) is 65.4 Å². The number of fused-ring (bicyclic) bond motifs is 3. The van der Waals surface area contributed by atoms with Crippen molar-refractivity contribution in [3.05, 3.63) is 87.6 Å². The summed E-state index contributed by atoms with van der Waals surface area (Å²) in [6.45, 7) is 2.66. The van der Waals surface area contributed by atoms with Gasteiger partial charge in [0.15, 0.2) is 0 Å². The molecule has 5 nitrogen and oxygen atoms in total. The molecule has 1 aliphatic rings. The second-order valence-electron chi connectivity index (χ2n) is 8.78. The molecule has 0 saturated carbocycles. The maximum atomic E-state index is 6.16. The van der Waals surface area contributed by atoms with Crippen LogP contribution in [0.1, 0.15) is 28.2 Å². The van der Waals surface area contributed by atoms with Crippen molar-refractivity contribution in [1.82, 2.24) is 19.7 Å². The summed E-state index contributed by atoms with van der Waals surface area (Å²) in [5, 5.41) is 6.92. The first kappa shape index (κ1) is 21.3. The van der Waals surface area contributed by atoms with Gasteiger partial charge in [-0.2, -0.15) is 5.10 Å². The number of para-hydroxylation sites is 1. The standard InChI is InChI=1S/C27H24ClN5S/c1-17-29-26(24-22-9-6-10-23(22)34-27(24)30-17)32(2)15-19-16-33(21-7-4-3-5-8-21)31-25(19)18-11-13-20(28)14-12-18/h3-5,7-8,11-14,16H,6,9-10,15H2,1-2H3. The van der Waals surface area contributed by atoms with Crippen molar-refractivity contribution >= 4 is 39.0 Å². The van der Waals surface area contributed by atoms with E-state index in [0.29, 0.717) is 6.54 Å². The maximum Gasteiger partial charge on any atom is 0.141 e. The van der Waals surface area contributed by atoms with E-state index in [9.17, 15) is 0 Å². The lowest BCUT2D eigenvalue weighted by molar-refractivity contribution is 0.874. The second kappa shape index (κ2) is 8.53. The molecule has 0 aliphatic heterocycles. The van der Waals surface area contributed by atoms with Gasteiger partial charge in [-0.1, -0.05) is 41.9 Å². The van der Waals surface area contributed by atoms with Gasteiger partial charge in [-0.25, -0.2) is 14.6 Å². The topological polar surface area (TPSA) is 46.8 Å². The van der Waals surface area contributed by atoms with Crippen LogP contribution in [0.25, 0.3) is 27.2 Å². The summed E-state index contributed by atoms with van der Waals surface area (Å²) in [7, 11) is 2.12. The zero-order valence-corrected chi connectivity index (χ0v) is 20.7. The smallest absolute Gasteiger partial charge is 0.141 e. The summed E-state index contributed by atoms with van der Waals surface area (Å²) >= 11 is 8.00. The third-order valence-electron chi connectivity index (χ3n) is 6.35. The first-order valence-corrected chi connectivity index (χ1v) is 12.7. The third-order valence-corrected chi connectivity index (χ3v) is 7.79. The van der Waals surface area contributed by atoms with Crippen LogP contribution in [0.3, 0.4) is 0 Å². The Bertz CT molecular complexity index is 1490. The van der Waals surface area contributed by atoms with Crippen LogP contribution in [0.5, 0.6) is 0 Å². The van der Waals surface area contributed by atoms with Gasteiger partial charge in [0, 0.05) is 40.8 Å². The quantitative estimate of drug-likeness (QED) is 0.280. The van der Waals surface area contributed by atoms with Crippen molar-refractivity contribution in [2.45, 2.75) is 32.7 Å². The summed E-state index contributed by atoms with van der Waals surface area (Å²) in [5.41, 5.74) is 5.60.